The standard InChI is InChI=1S/C33H42N6O7/c34-31(43)26-9-3-4-16-35-28(40)14-15-29(41)37-24-12-10-21(11-13-24)32(44)39-27(19-25-8-5-17-46-25)33(45)36-20-23-7-2-1-6-22(23)18-30(42)38-26/h1-2,5-8,14-15,17,21,24,26-27H,3-4,9-13,16,18-20H2,(H2,34,43)(H,35,40)(H,36,45)(H,37,41)(H,38,42)(H,39,44)/b15-14+/t21?,24?,26-,27-/m0/s1. The number of amides is 6. The molecule has 13 nitrogen and oxygen atoms in total. The summed E-state index contributed by atoms with van der Waals surface area (Å²) in [5.41, 5.74) is 6.91. The molecule has 5 rings (SSSR count). The summed E-state index contributed by atoms with van der Waals surface area (Å²) in [5, 5.41) is 14.1. The zero-order chi connectivity index (χ0) is 32.9. The van der Waals surface area contributed by atoms with Crippen LogP contribution in [0.5, 0.6) is 0 Å². The third-order valence-corrected chi connectivity index (χ3v) is 8.27. The summed E-state index contributed by atoms with van der Waals surface area (Å²) in [4.78, 5) is 76.2. The molecule has 0 saturated heterocycles. The summed E-state index contributed by atoms with van der Waals surface area (Å²) >= 11 is 0. The highest BCUT2D eigenvalue weighted by atomic mass is 16.3. The Hall–Kier alpha value is -4.94. The average molecular weight is 635 g/mol. The molecule has 1 saturated carbocycles. The van der Waals surface area contributed by atoms with E-state index in [9.17, 15) is 28.8 Å². The van der Waals surface area contributed by atoms with Gasteiger partial charge in [0.25, 0.3) is 0 Å². The number of nitrogens with two attached hydrogens (primary N) is 1. The van der Waals surface area contributed by atoms with Gasteiger partial charge in [0.05, 0.1) is 12.7 Å². The van der Waals surface area contributed by atoms with Gasteiger partial charge in [0, 0.05) is 43.6 Å². The van der Waals surface area contributed by atoms with Crippen molar-refractivity contribution in [2.45, 2.75) is 82.5 Å². The van der Waals surface area contributed by atoms with Crippen LogP contribution in [-0.4, -0.2) is 60.1 Å². The SMILES string of the molecule is NC(=O)[C@@H]1CCCCNC(=O)/C=C/C(=O)NC2CCC(CC2)C(=O)N[C@@H](Cc2ccco2)C(=O)NCc2ccccc2CC(=O)N1. The fraction of sp³-hybridized carbons (Fsp3) is 0.455. The van der Waals surface area contributed by atoms with Gasteiger partial charge in [0.2, 0.25) is 35.4 Å². The smallest absolute Gasteiger partial charge is 0.244 e. The van der Waals surface area contributed by atoms with E-state index in [1.54, 1.807) is 36.4 Å². The number of benzene rings is 1. The Morgan fingerprint density at radius 3 is 2.24 bits per heavy atom. The van der Waals surface area contributed by atoms with Gasteiger partial charge in [0.1, 0.15) is 17.8 Å². The molecular weight excluding hydrogens is 592 g/mol. The molecule has 46 heavy (non-hydrogen) atoms. The number of carbonyl (C=O) groups excluding carboxylic acids is 6. The van der Waals surface area contributed by atoms with E-state index in [2.05, 4.69) is 26.6 Å². The highest BCUT2D eigenvalue weighted by Crippen LogP contribution is 2.25. The van der Waals surface area contributed by atoms with Crippen LogP contribution in [-0.2, 0) is 48.2 Å². The van der Waals surface area contributed by atoms with Crippen molar-refractivity contribution in [1.29, 1.82) is 0 Å². The van der Waals surface area contributed by atoms with Crippen LogP contribution in [0.1, 0.15) is 61.8 Å². The number of furan rings is 1. The topological polar surface area (TPSA) is 202 Å². The van der Waals surface area contributed by atoms with Gasteiger partial charge in [-0.05, 0) is 68.2 Å². The Bertz CT molecular complexity index is 1420. The van der Waals surface area contributed by atoms with Gasteiger partial charge in [-0.1, -0.05) is 24.3 Å². The molecule has 0 spiro atoms. The maximum absolute atomic E-state index is 13.4. The molecule has 3 aliphatic rings. The van der Waals surface area contributed by atoms with E-state index in [1.807, 2.05) is 0 Å². The lowest BCUT2D eigenvalue weighted by atomic mass is 9.85. The Kier molecular flexibility index (Phi) is 12.5. The molecule has 3 heterocycles. The molecule has 1 aromatic heterocycles. The van der Waals surface area contributed by atoms with Crippen molar-refractivity contribution in [3.63, 3.8) is 0 Å². The van der Waals surface area contributed by atoms with Crippen LogP contribution in [0.3, 0.4) is 0 Å². The third-order valence-electron chi connectivity index (χ3n) is 8.27. The van der Waals surface area contributed by atoms with Crippen molar-refractivity contribution >= 4 is 35.4 Å². The summed E-state index contributed by atoms with van der Waals surface area (Å²) in [5.74, 6) is -2.36. The number of hydrogen-bond donors (Lipinski definition) is 6. The van der Waals surface area contributed by atoms with Crippen molar-refractivity contribution in [1.82, 2.24) is 26.6 Å². The van der Waals surface area contributed by atoms with E-state index in [1.165, 1.54) is 12.3 Å². The molecule has 1 aliphatic carbocycles. The Labute approximate surface area is 267 Å². The second kappa shape index (κ2) is 16.9. The molecule has 0 unspecified atom stereocenters. The number of carbonyl (C=O) groups is 6. The highest BCUT2D eigenvalue weighted by molar-refractivity contribution is 5.96. The van der Waals surface area contributed by atoms with Crippen LogP contribution < -0.4 is 32.3 Å². The van der Waals surface area contributed by atoms with Gasteiger partial charge >= 0.3 is 0 Å². The predicted octanol–water partition coefficient (Wildman–Crippen LogP) is 0.667. The van der Waals surface area contributed by atoms with Crippen LogP contribution in [0.2, 0.25) is 0 Å². The van der Waals surface area contributed by atoms with Crippen molar-refractivity contribution in [3.05, 3.63) is 71.7 Å². The maximum atomic E-state index is 13.4. The monoisotopic (exact) mass is 634 g/mol. The molecule has 2 aliphatic heterocycles. The lowest BCUT2D eigenvalue weighted by Crippen LogP contribution is -2.50. The molecule has 1 aromatic carbocycles. The molecule has 0 radical (unpaired) electrons. The molecule has 1 fully saturated rings. The first-order valence-electron chi connectivity index (χ1n) is 15.7. The van der Waals surface area contributed by atoms with E-state index in [0.29, 0.717) is 62.0 Å². The molecular formula is C33H42N6O7. The summed E-state index contributed by atoms with van der Waals surface area (Å²) in [6.45, 7) is 0.425. The molecule has 6 amide bonds. The first kappa shape index (κ1) is 33.9. The lowest BCUT2D eigenvalue weighted by molar-refractivity contribution is -0.132. The lowest BCUT2D eigenvalue weighted by Gasteiger charge is -2.29. The second-order valence-corrected chi connectivity index (χ2v) is 11.7. The number of primary amides is 1. The number of nitrogens with one attached hydrogen (secondary N) is 5. The van der Waals surface area contributed by atoms with Gasteiger partial charge in [-0.3, -0.25) is 28.8 Å². The Balaban J connectivity index is 1.49. The molecule has 7 N–H and O–H groups in total. The Morgan fingerprint density at radius 1 is 0.783 bits per heavy atom. The minimum atomic E-state index is -0.905. The molecule has 246 valence electrons. The number of hydrogen-bond acceptors (Lipinski definition) is 7. The van der Waals surface area contributed by atoms with Gasteiger partial charge in [0.15, 0.2) is 0 Å². The fourth-order valence-corrected chi connectivity index (χ4v) is 5.69. The molecule has 2 bridgehead atoms. The zero-order valence-electron chi connectivity index (χ0n) is 25.7. The summed E-state index contributed by atoms with van der Waals surface area (Å²) in [6, 6.07) is 8.65. The van der Waals surface area contributed by atoms with Crippen LogP contribution in [0.25, 0.3) is 0 Å². The molecule has 2 aromatic rings. The number of rotatable bonds is 3. The van der Waals surface area contributed by atoms with Gasteiger partial charge < -0.3 is 36.7 Å². The third kappa shape index (κ3) is 10.6. The van der Waals surface area contributed by atoms with Crippen molar-refractivity contribution in [2.75, 3.05) is 6.54 Å². The van der Waals surface area contributed by atoms with Crippen LogP contribution in [0, 0.1) is 5.92 Å². The summed E-state index contributed by atoms with van der Waals surface area (Å²) in [7, 11) is 0. The largest absolute Gasteiger partial charge is 0.469 e. The normalized spacial score (nSPS) is 25.2. The fourth-order valence-electron chi connectivity index (χ4n) is 5.69. The first-order valence-corrected chi connectivity index (χ1v) is 15.7. The van der Waals surface area contributed by atoms with Crippen LogP contribution in [0.15, 0.2) is 59.2 Å². The van der Waals surface area contributed by atoms with E-state index < -0.39 is 41.6 Å². The van der Waals surface area contributed by atoms with Crippen molar-refractivity contribution in [3.8, 4) is 0 Å². The highest BCUT2D eigenvalue weighted by Gasteiger charge is 2.30. The quantitative estimate of drug-likeness (QED) is 0.285. The molecule has 13 heteroatoms. The van der Waals surface area contributed by atoms with E-state index in [0.717, 1.165) is 6.08 Å². The molecule has 2 atom stereocenters. The van der Waals surface area contributed by atoms with Gasteiger partial charge in [-0.25, -0.2) is 0 Å². The van der Waals surface area contributed by atoms with Crippen LogP contribution in [0.4, 0.5) is 0 Å². The second-order valence-electron chi connectivity index (χ2n) is 11.7. The minimum absolute atomic E-state index is 0.0406. The minimum Gasteiger partial charge on any atom is -0.469 e. The zero-order valence-corrected chi connectivity index (χ0v) is 25.7. The summed E-state index contributed by atoms with van der Waals surface area (Å²) < 4.78 is 5.45. The Morgan fingerprint density at radius 2 is 1.52 bits per heavy atom. The van der Waals surface area contributed by atoms with Crippen molar-refractivity contribution in [2.24, 2.45) is 11.7 Å². The van der Waals surface area contributed by atoms with E-state index >= 15 is 0 Å². The van der Waals surface area contributed by atoms with Crippen molar-refractivity contribution < 1.29 is 33.2 Å². The van der Waals surface area contributed by atoms with Crippen LogP contribution >= 0.6 is 0 Å². The maximum Gasteiger partial charge on any atom is 0.244 e. The van der Waals surface area contributed by atoms with E-state index in [-0.39, 0.29) is 43.7 Å². The summed E-state index contributed by atoms with van der Waals surface area (Å²) in [6.07, 6.45) is 7.49. The number of fused-ring (bicyclic) bond motifs is 19. The first-order chi connectivity index (χ1) is 22.2. The van der Waals surface area contributed by atoms with Gasteiger partial charge in [-0.2, -0.15) is 0 Å². The predicted molar refractivity (Wildman–Crippen MR) is 167 cm³/mol. The van der Waals surface area contributed by atoms with Gasteiger partial charge in [-0.15, -0.1) is 0 Å². The van der Waals surface area contributed by atoms with E-state index in [4.69, 9.17) is 10.2 Å². The average Bonchev–Trinajstić information content (AvgIpc) is 3.55.